The topological polar surface area (TPSA) is 78.5 Å². The number of rotatable bonds is 7. The second-order valence-corrected chi connectivity index (χ2v) is 10.5. The highest BCUT2D eigenvalue weighted by molar-refractivity contribution is 7.91. The van der Waals surface area contributed by atoms with Crippen LogP contribution in [0.1, 0.15) is 38.3 Å². The molecule has 6 nitrogen and oxygen atoms in total. The third-order valence-electron chi connectivity index (χ3n) is 4.87. The summed E-state index contributed by atoms with van der Waals surface area (Å²) in [6.45, 7) is 9.79. The van der Waals surface area contributed by atoms with Crippen LogP contribution in [0.4, 0.5) is 4.79 Å². The molecule has 152 valence electrons. The first-order valence-electron chi connectivity index (χ1n) is 9.70. The molecular formula is C20H33N3O3S. The van der Waals surface area contributed by atoms with Gasteiger partial charge in [-0.25, -0.2) is 13.2 Å². The standard InChI is InChI=1S/C20H33N3O3S/c1-20(2,3)18-7-4-6-17(16-18)8-10-22-19(24)21-9-5-11-23-12-14-27(25,26)15-13-23/h4,6-7,16H,5,8-15H2,1-3H3,(H2,21,22,24). The van der Waals surface area contributed by atoms with Crippen LogP contribution in [0.3, 0.4) is 0 Å². The van der Waals surface area contributed by atoms with E-state index >= 15 is 0 Å². The lowest BCUT2D eigenvalue weighted by Crippen LogP contribution is -2.42. The first-order chi connectivity index (χ1) is 12.7. The molecule has 7 heteroatoms. The zero-order valence-corrected chi connectivity index (χ0v) is 17.6. The molecule has 1 aromatic carbocycles. The van der Waals surface area contributed by atoms with Gasteiger partial charge in [-0.05, 0) is 35.9 Å². The van der Waals surface area contributed by atoms with Gasteiger partial charge in [0.1, 0.15) is 0 Å². The van der Waals surface area contributed by atoms with E-state index in [0.717, 1.165) is 19.4 Å². The van der Waals surface area contributed by atoms with Crippen molar-refractivity contribution in [3.63, 3.8) is 0 Å². The summed E-state index contributed by atoms with van der Waals surface area (Å²) in [7, 11) is -2.83. The Hall–Kier alpha value is -1.60. The number of urea groups is 1. The highest BCUT2D eigenvalue weighted by atomic mass is 32.2. The van der Waals surface area contributed by atoms with Gasteiger partial charge < -0.3 is 15.5 Å². The lowest BCUT2D eigenvalue weighted by molar-refractivity contribution is 0.239. The van der Waals surface area contributed by atoms with E-state index in [2.05, 4.69) is 60.6 Å². The maximum absolute atomic E-state index is 11.9. The van der Waals surface area contributed by atoms with E-state index in [9.17, 15) is 13.2 Å². The SMILES string of the molecule is CC(C)(C)c1cccc(CCNC(=O)NCCCN2CCS(=O)(=O)CC2)c1. The van der Waals surface area contributed by atoms with Gasteiger partial charge in [-0.15, -0.1) is 0 Å². The van der Waals surface area contributed by atoms with Crippen LogP contribution in [-0.2, 0) is 21.7 Å². The van der Waals surface area contributed by atoms with Gasteiger partial charge in [0, 0.05) is 26.2 Å². The molecule has 2 N–H and O–H groups in total. The molecule has 0 unspecified atom stereocenters. The number of hydrogen-bond acceptors (Lipinski definition) is 4. The van der Waals surface area contributed by atoms with Gasteiger partial charge in [-0.3, -0.25) is 0 Å². The van der Waals surface area contributed by atoms with Gasteiger partial charge in [-0.1, -0.05) is 45.0 Å². The Kier molecular flexibility index (Phi) is 7.68. The molecule has 1 aliphatic heterocycles. The van der Waals surface area contributed by atoms with Crippen molar-refractivity contribution < 1.29 is 13.2 Å². The van der Waals surface area contributed by atoms with Crippen LogP contribution < -0.4 is 10.6 Å². The third-order valence-corrected chi connectivity index (χ3v) is 6.48. The van der Waals surface area contributed by atoms with Crippen molar-refractivity contribution in [1.82, 2.24) is 15.5 Å². The third kappa shape index (κ3) is 7.89. The Morgan fingerprint density at radius 2 is 1.78 bits per heavy atom. The monoisotopic (exact) mass is 395 g/mol. The van der Waals surface area contributed by atoms with Gasteiger partial charge in [0.2, 0.25) is 0 Å². The van der Waals surface area contributed by atoms with Gasteiger partial charge in [-0.2, -0.15) is 0 Å². The Morgan fingerprint density at radius 3 is 2.44 bits per heavy atom. The molecule has 1 heterocycles. The average molecular weight is 396 g/mol. The zero-order chi connectivity index (χ0) is 19.9. The van der Waals surface area contributed by atoms with Gasteiger partial charge in [0.05, 0.1) is 11.5 Å². The van der Waals surface area contributed by atoms with Gasteiger partial charge in [0.15, 0.2) is 9.84 Å². The number of carbonyl (C=O) groups is 1. The van der Waals surface area contributed by atoms with Crippen molar-refractivity contribution in [3.8, 4) is 0 Å². The van der Waals surface area contributed by atoms with E-state index in [-0.39, 0.29) is 23.0 Å². The largest absolute Gasteiger partial charge is 0.338 e. The fourth-order valence-electron chi connectivity index (χ4n) is 3.05. The fraction of sp³-hybridized carbons (Fsp3) is 0.650. The predicted octanol–water partition coefficient (Wildman–Crippen LogP) is 1.95. The van der Waals surface area contributed by atoms with E-state index in [0.29, 0.717) is 26.2 Å². The van der Waals surface area contributed by atoms with Crippen molar-refractivity contribution in [3.05, 3.63) is 35.4 Å². The number of benzene rings is 1. The molecule has 27 heavy (non-hydrogen) atoms. The Morgan fingerprint density at radius 1 is 1.11 bits per heavy atom. The van der Waals surface area contributed by atoms with Crippen molar-refractivity contribution in [2.45, 2.75) is 39.0 Å². The van der Waals surface area contributed by atoms with Crippen LogP contribution in [0.2, 0.25) is 0 Å². The van der Waals surface area contributed by atoms with Crippen LogP contribution in [0.15, 0.2) is 24.3 Å². The normalized spacial score (nSPS) is 17.4. The maximum Gasteiger partial charge on any atom is 0.314 e. The summed E-state index contributed by atoms with van der Waals surface area (Å²) in [6.07, 6.45) is 1.63. The smallest absolute Gasteiger partial charge is 0.314 e. The number of nitrogens with zero attached hydrogens (tertiary/aromatic N) is 1. The molecule has 0 aromatic heterocycles. The summed E-state index contributed by atoms with van der Waals surface area (Å²) in [5, 5.41) is 5.76. The second kappa shape index (κ2) is 9.55. The van der Waals surface area contributed by atoms with Crippen LogP contribution in [0.25, 0.3) is 0 Å². The fourth-order valence-corrected chi connectivity index (χ4v) is 4.33. The van der Waals surface area contributed by atoms with Crippen molar-refractivity contribution >= 4 is 15.9 Å². The maximum atomic E-state index is 11.9. The molecule has 0 spiro atoms. The summed E-state index contributed by atoms with van der Waals surface area (Å²) < 4.78 is 22.8. The highest BCUT2D eigenvalue weighted by Crippen LogP contribution is 2.22. The molecule has 1 aromatic rings. The molecule has 0 radical (unpaired) electrons. The van der Waals surface area contributed by atoms with Crippen molar-refractivity contribution in [2.75, 3.05) is 44.2 Å². The van der Waals surface area contributed by atoms with Crippen LogP contribution in [0, 0.1) is 0 Å². The summed E-state index contributed by atoms with van der Waals surface area (Å²) in [5.41, 5.74) is 2.65. The number of amides is 2. The van der Waals surface area contributed by atoms with Crippen molar-refractivity contribution in [1.29, 1.82) is 0 Å². The molecule has 1 aliphatic rings. The molecule has 1 saturated heterocycles. The first kappa shape index (κ1) is 21.7. The molecule has 0 bridgehead atoms. The summed E-state index contributed by atoms with van der Waals surface area (Å²) in [5.74, 6) is 0.495. The molecule has 0 aliphatic carbocycles. The molecule has 0 saturated carbocycles. The Balaban J connectivity index is 1.59. The Labute approximate surface area is 163 Å². The number of nitrogens with one attached hydrogen (secondary N) is 2. The number of hydrogen-bond donors (Lipinski definition) is 2. The zero-order valence-electron chi connectivity index (χ0n) is 16.8. The lowest BCUT2D eigenvalue weighted by atomic mass is 9.86. The van der Waals surface area contributed by atoms with E-state index in [1.165, 1.54) is 11.1 Å². The van der Waals surface area contributed by atoms with Crippen LogP contribution in [0.5, 0.6) is 0 Å². The van der Waals surface area contributed by atoms with E-state index in [1.807, 2.05) is 0 Å². The van der Waals surface area contributed by atoms with E-state index in [1.54, 1.807) is 0 Å². The number of carbonyl (C=O) groups excluding carboxylic acids is 1. The summed E-state index contributed by atoms with van der Waals surface area (Å²) in [4.78, 5) is 14.0. The van der Waals surface area contributed by atoms with Crippen molar-refractivity contribution in [2.24, 2.45) is 0 Å². The molecule has 0 atom stereocenters. The molecule has 2 rings (SSSR count). The average Bonchev–Trinajstić information content (AvgIpc) is 2.59. The molecular weight excluding hydrogens is 362 g/mol. The van der Waals surface area contributed by atoms with Gasteiger partial charge in [0.25, 0.3) is 0 Å². The van der Waals surface area contributed by atoms with E-state index < -0.39 is 9.84 Å². The summed E-state index contributed by atoms with van der Waals surface area (Å²) in [6, 6.07) is 8.36. The minimum Gasteiger partial charge on any atom is -0.338 e. The van der Waals surface area contributed by atoms with Crippen LogP contribution >= 0.6 is 0 Å². The minimum absolute atomic E-state index is 0.124. The second-order valence-electron chi connectivity index (χ2n) is 8.23. The Bertz CT molecular complexity index is 712. The first-order valence-corrected chi connectivity index (χ1v) is 11.5. The molecule has 2 amide bonds. The van der Waals surface area contributed by atoms with Gasteiger partial charge >= 0.3 is 6.03 Å². The quantitative estimate of drug-likeness (QED) is 0.692. The predicted molar refractivity (Wildman–Crippen MR) is 110 cm³/mol. The lowest BCUT2D eigenvalue weighted by Gasteiger charge is -2.26. The molecule has 1 fully saturated rings. The summed E-state index contributed by atoms with van der Waals surface area (Å²) >= 11 is 0. The minimum atomic E-state index is -2.83. The highest BCUT2D eigenvalue weighted by Gasteiger charge is 2.20. The number of sulfone groups is 1. The van der Waals surface area contributed by atoms with Crippen LogP contribution in [-0.4, -0.2) is 63.6 Å². The van der Waals surface area contributed by atoms with E-state index in [4.69, 9.17) is 0 Å².